The van der Waals surface area contributed by atoms with Crippen molar-refractivity contribution in [3.63, 3.8) is 0 Å². The summed E-state index contributed by atoms with van der Waals surface area (Å²) in [5.74, 6) is 0. The first-order valence-electron chi connectivity index (χ1n) is 4.04. The number of hydrogen-bond acceptors (Lipinski definition) is 1. The molecule has 1 rings (SSSR count). The van der Waals surface area contributed by atoms with Crippen molar-refractivity contribution >= 4 is 0 Å². The Morgan fingerprint density at radius 3 is 1.27 bits per heavy atom. The van der Waals surface area contributed by atoms with Gasteiger partial charge < -0.3 is 65.6 Å². The van der Waals surface area contributed by atoms with E-state index in [1.165, 1.54) is 5.56 Å². The van der Waals surface area contributed by atoms with Crippen molar-refractivity contribution in [1.29, 1.82) is 0 Å². The Morgan fingerprint density at radius 2 is 1.00 bits per heavy atom. The highest BCUT2D eigenvalue weighted by Crippen LogP contribution is 2.01. The summed E-state index contributed by atoms with van der Waals surface area (Å²) in [6.07, 6.45) is 1.11. The lowest BCUT2D eigenvalue weighted by molar-refractivity contribution is 0.608. The Kier molecular flexibility index (Phi) is 195. The number of hydrogen-bond donors (Lipinski definition) is 1. The standard InChI is InChI=1S/C10H15N.11H2O/c1-9(11-2)8-10-6-4-3-5-7-10;;;;;;;;;;;/h3-7,9,11H,8H2,1-2H3;11*1H2/t9-;;;;;;;;;;;/m0.........../s1. The first-order valence-corrected chi connectivity index (χ1v) is 4.04. The molecule has 0 aliphatic rings. The maximum Gasteiger partial charge on any atom is 0.00761 e. The van der Waals surface area contributed by atoms with Crippen molar-refractivity contribution in [1.82, 2.24) is 5.32 Å². The van der Waals surface area contributed by atoms with Crippen LogP contribution in [0.1, 0.15) is 12.5 Å². The molecule has 0 aromatic heterocycles. The third-order valence-corrected chi connectivity index (χ3v) is 1.88. The zero-order valence-corrected chi connectivity index (χ0v) is 12.7. The maximum atomic E-state index is 3.21. The van der Waals surface area contributed by atoms with Crippen LogP contribution in [0.2, 0.25) is 0 Å². The lowest BCUT2D eigenvalue weighted by atomic mass is 10.1. The lowest BCUT2D eigenvalue weighted by Crippen LogP contribution is -2.23. The van der Waals surface area contributed by atoms with Crippen LogP contribution >= 0.6 is 0 Å². The highest BCUT2D eigenvalue weighted by Gasteiger charge is 1.97. The summed E-state index contributed by atoms with van der Waals surface area (Å²) in [6, 6.07) is 11.1. The van der Waals surface area contributed by atoms with Gasteiger partial charge in [0.15, 0.2) is 0 Å². The average molecular weight is 347 g/mol. The van der Waals surface area contributed by atoms with Gasteiger partial charge in [0, 0.05) is 6.04 Å². The van der Waals surface area contributed by atoms with Gasteiger partial charge >= 0.3 is 0 Å². The Balaban J connectivity index is -0.0000000122. The monoisotopic (exact) mass is 347 g/mol. The van der Waals surface area contributed by atoms with Gasteiger partial charge in [0.1, 0.15) is 0 Å². The van der Waals surface area contributed by atoms with Crippen molar-refractivity contribution in [2.24, 2.45) is 0 Å². The predicted octanol–water partition coefficient (Wildman–Crippen LogP) is -7.23. The second-order valence-electron chi connectivity index (χ2n) is 2.88. The van der Waals surface area contributed by atoms with E-state index in [0.717, 1.165) is 6.42 Å². The molecule has 0 saturated carbocycles. The smallest absolute Gasteiger partial charge is 0.00761 e. The van der Waals surface area contributed by atoms with E-state index in [0.29, 0.717) is 6.04 Å². The second kappa shape index (κ2) is 50.3. The van der Waals surface area contributed by atoms with Crippen LogP contribution < -0.4 is 5.32 Å². The van der Waals surface area contributed by atoms with Crippen molar-refractivity contribution < 1.29 is 60.2 Å². The zero-order valence-electron chi connectivity index (χ0n) is 12.7. The molecule has 0 spiro atoms. The Morgan fingerprint density at radius 1 is 0.682 bits per heavy atom. The Labute approximate surface area is 129 Å². The minimum Gasteiger partial charge on any atom is -0.412 e. The summed E-state index contributed by atoms with van der Waals surface area (Å²) in [4.78, 5) is 0. The Hall–Kier alpha value is -1.26. The topological polar surface area (TPSA) is 359 Å². The van der Waals surface area contributed by atoms with Gasteiger partial charge in [-0.1, -0.05) is 30.3 Å². The number of rotatable bonds is 3. The van der Waals surface area contributed by atoms with E-state index in [-0.39, 0.29) is 60.2 Å². The summed E-state index contributed by atoms with van der Waals surface area (Å²) in [5.41, 5.74) is 1.40. The normalized spacial score (nSPS) is 6.45. The van der Waals surface area contributed by atoms with Gasteiger partial charge in [-0.3, -0.25) is 0 Å². The quantitative estimate of drug-likeness (QED) is 0.546. The second-order valence-corrected chi connectivity index (χ2v) is 2.88. The largest absolute Gasteiger partial charge is 0.412 e. The predicted molar refractivity (Wildman–Crippen MR) is 88.4 cm³/mol. The molecule has 0 radical (unpaired) electrons. The highest BCUT2D eigenvalue weighted by molar-refractivity contribution is 5.15. The fourth-order valence-electron chi connectivity index (χ4n) is 1.07. The van der Waals surface area contributed by atoms with E-state index in [1.807, 2.05) is 13.1 Å². The number of nitrogens with one attached hydrogen (secondary N) is 1. The molecule has 12 heteroatoms. The SMILES string of the molecule is CN[C@@H](C)Cc1ccccc1.O.O.O.O.O.O.O.O.O.O.O. The molecule has 0 amide bonds. The van der Waals surface area contributed by atoms with Crippen molar-refractivity contribution in [2.75, 3.05) is 7.05 Å². The molecule has 0 bridgehead atoms. The Bertz CT molecular complexity index is 215. The molecule has 0 saturated heterocycles. The van der Waals surface area contributed by atoms with E-state index < -0.39 is 0 Å². The fraction of sp³-hybridized carbons (Fsp3) is 0.400. The summed E-state index contributed by atoms with van der Waals surface area (Å²) in [6.45, 7) is 2.19. The van der Waals surface area contributed by atoms with Crippen molar-refractivity contribution in [3.05, 3.63) is 35.9 Å². The molecular formula is C10H37NO11. The average Bonchev–Trinajstić information content (AvgIpc) is 2.06. The summed E-state index contributed by atoms with van der Waals surface area (Å²) in [5, 5.41) is 3.21. The molecule has 22 heavy (non-hydrogen) atoms. The van der Waals surface area contributed by atoms with Crippen LogP contribution in [-0.2, 0) is 6.42 Å². The van der Waals surface area contributed by atoms with E-state index in [2.05, 4.69) is 36.5 Å². The van der Waals surface area contributed by atoms with Gasteiger partial charge in [-0.15, -0.1) is 0 Å². The van der Waals surface area contributed by atoms with Crippen LogP contribution in [0.15, 0.2) is 30.3 Å². The van der Waals surface area contributed by atoms with Gasteiger partial charge in [-0.25, -0.2) is 0 Å². The van der Waals surface area contributed by atoms with Gasteiger partial charge in [0.25, 0.3) is 0 Å². The first kappa shape index (κ1) is 85.2. The van der Waals surface area contributed by atoms with Gasteiger partial charge in [0.2, 0.25) is 0 Å². The summed E-state index contributed by atoms with van der Waals surface area (Å²) < 4.78 is 0. The maximum absolute atomic E-state index is 3.21. The summed E-state index contributed by atoms with van der Waals surface area (Å²) >= 11 is 0. The molecule has 148 valence electrons. The molecule has 1 atom stereocenters. The van der Waals surface area contributed by atoms with Crippen LogP contribution in [0.25, 0.3) is 0 Å². The highest BCUT2D eigenvalue weighted by atomic mass is 16.0. The van der Waals surface area contributed by atoms with Crippen molar-refractivity contribution in [2.45, 2.75) is 19.4 Å². The number of benzene rings is 1. The van der Waals surface area contributed by atoms with Crippen molar-refractivity contribution in [3.8, 4) is 0 Å². The lowest BCUT2D eigenvalue weighted by Gasteiger charge is -2.08. The first-order chi connectivity index (χ1) is 5.33. The van der Waals surface area contributed by atoms with Crippen LogP contribution in [0, 0.1) is 0 Å². The van der Waals surface area contributed by atoms with Gasteiger partial charge in [-0.05, 0) is 26.0 Å². The molecule has 1 aromatic rings. The summed E-state index contributed by atoms with van der Waals surface area (Å²) in [7, 11) is 1.99. The zero-order chi connectivity index (χ0) is 8.10. The molecular weight excluding hydrogens is 310 g/mol. The van der Waals surface area contributed by atoms with E-state index in [4.69, 9.17) is 0 Å². The minimum absolute atomic E-state index is 0. The van der Waals surface area contributed by atoms with Crippen LogP contribution in [0.4, 0.5) is 0 Å². The third kappa shape index (κ3) is 36.3. The van der Waals surface area contributed by atoms with Gasteiger partial charge in [-0.2, -0.15) is 0 Å². The van der Waals surface area contributed by atoms with E-state index in [1.54, 1.807) is 0 Å². The van der Waals surface area contributed by atoms with Crippen LogP contribution in [0.5, 0.6) is 0 Å². The van der Waals surface area contributed by atoms with Crippen LogP contribution in [-0.4, -0.2) is 73.3 Å². The number of likely N-dealkylation sites (N-methyl/N-ethyl adjacent to an activating group) is 1. The van der Waals surface area contributed by atoms with E-state index in [9.17, 15) is 0 Å². The van der Waals surface area contributed by atoms with Gasteiger partial charge in [0.05, 0.1) is 0 Å². The third-order valence-electron chi connectivity index (χ3n) is 1.88. The fourth-order valence-corrected chi connectivity index (χ4v) is 1.07. The molecule has 0 fully saturated rings. The minimum atomic E-state index is 0. The van der Waals surface area contributed by atoms with E-state index >= 15 is 0 Å². The molecule has 0 heterocycles. The molecule has 12 nitrogen and oxygen atoms in total. The molecule has 0 aliphatic carbocycles. The van der Waals surface area contributed by atoms with Crippen LogP contribution in [0.3, 0.4) is 0 Å². The molecule has 0 unspecified atom stereocenters. The molecule has 0 aliphatic heterocycles. The molecule has 23 N–H and O–H groups in total. The molecule has 1 aromatic carbocycles.